The standard InChI is InChI=1S/C28H30F2N8O/c1-15-28(39)35(4)14-23-25(34-27(38(15)23)18-12-37(13-18)16(2)31-3)19-7-6-8-22-20(19)9-21(26(29)30)24(33-22)17-10-32-36(5)11-17/h6-11,15,18,26,31H,2,12-14H2,1,3-5H3/t15-/m0/s1. The van der Waals surface area contributed by atoms with Crippen LogP contribution < -0.4 is 5.32 Å². The molecule has 0 saturated carbocycles. The fraction of sp³-hybridized carbons (Fsp3) is 0.357. The second-order valence-corrected chi connectivity index (χ2v) is 10.3. The lowest BCUT2D eigenvalue weighted by atomic mass is 9.98. The van der Waals surface area contributed by atoms with E-state index in [1.54, 1.807) is 36.1 Å². The molecule has 4 aromatic rings. The minimum atomic E-state index is -2.72. The molecular weight excluding hydrogens is 502 g/mol. The number of amides is 1. The summed E-state index contributed by atoms with van der Waals surface area (Å²) in [6, 6.07) is 6.70. The van der Waals surface area contributed by atoms with E-state index >= 15 is 0 Å². The number of pyridine rings is 1. The van der Waals surface area contributed by atoms with Crippen LogP contribution in [0.3, 0.4) is 0 Å². The normalized spacial score (nSPS) is 17.6. The lowest BCUT2D eigenvalue weighted by molar-refractivity contribution is -0.135. The van der Waals surface area contributed by atoms with Crippen molar-refractivity contribution < 1.29 is 13.6 Å². The molecule has 0 radical (unpaired) electrons. The van der Waals surface area contributed by atoms with Crippen molar-refractivity contribution in [3.8, 4) is 22.5 Å². The molecule has 0 spiro atoms. The Hall–Kier alpha value is -4.28. The second-order valence-electron chi connectivity index (χ2n) is 10.3. The number of carbonyl (C=O) groups is 1. The van der Waals surface area contributed by atoms with Gasteiger partial charge in [-0.3, -0.25) is 9.48 Å². The molecule has 202 valence electrons. The zero-order valence-electron chi connectivity index (χ0n) is 22.3. The number of halogens is 2. The summed E-state index contributed by atoms with van der Waals surface area (Å²) in [6.07, 6.45) is 0.503. The van der Waals surface area contributed by atoms with Crippen LogP contribution in [0.4, 0.5) is 8.78 Å². The Morgan fingerprint density at radius 2 is 1.95 bits per heavy atom. The molecule has 9 nitrogen and oxygen atoms in total. The highest BCUT2D eigenvalue weighted by atomic mass is 19.3. The fourth-order valence-corrected chi connectivity index (χ4v) is 5.68. The Bertz CT molecular complexity index is 1620. The van der Waals surface area contributed by atoms with E-state index in [1.807, 2.05) is 36.7 Å². The van der Waals surface area contributed by atoms with Gasteiger partial charge in [-0.2, -0.15) is 5.10 Å². The van der Waals surface area contributed by atoms with Crippen LogP contribution in [0.15, 0.2) is 49.1 Å². The van der Waals surface area contributed by atoms with Gasteiger partial charge in [0.15, 0.2) is 0 Å². The van der Waals surface area contributed by atoms with Crippen LogP contribution >= 0.6 is 0 Å². The van der Waals surface area contributed by atoms with E-state index in [0.717, 1.165) is 36.0 Å². The zero-order valence-corrected chi connectivity index (χ0v) is 22.3. The summed E-state index contributed by atoms with van der Waals surface area (Å²) >= 11 is 0. The van der Waals surface area contributed by atoms with E-state index in [9.17, 15) is 13.6 Å². The van der Waals surface area contributed by atoms with Crippen LogP contribution in [0, 0.1) is 0 Å². The van der Waals surface area contributed by atoms with E-state index in [0.29, 0.717) is 28.7 Å². The molecule has 2 aliphatic rings. The van der Waals surface area contributed by atoms with E-state index in [2.05, 4.69) is 26.9 Å². The van der Waals surface area contributed by atoms with E-state index in [4.69, 9.17) is 4.98 Å². The third kappa shape index (κ3) is 3.95. The fourth-order valence-electron chi connectivity index (χ4n) is 5.68. The molecule has 1 amide bonds. The molecule has 3 aromatic heterocycles. The number of aryl methyl sites for hydroxylation is 1. The first-order valence-corrected chi connectivity index (χ1v) is 12.9. The second kappa shape index (κ2) is 9.18. The number of hydrogen-bond donors (Lipinski definition) is 1. The van der Waals surface area contributed by atoms with Gasteiger partial charge in [-0.25, -0.2) is 18.7 Å². The number of alkyl halides is 2. The van der Waals surface area contributed by atoms with Gasteiger partial charge in [-0.15, -0.1) is 0 Å². The van der Waals surface area contributed by atoms with E-state index < -0.39 is 12.5 Å². The van der Waals surface area contributed by atoms with Crippen molar-refractivity contribution in [1.82, 2.24) is 39.4 Å². The number of rotatable bonds is 6. The highest BCUT2D eigenvalue weighted by Gasteiger charge is 2.39. The van der Waals surface area contributed by atoms with Gasteiger partial charge in [0, 0.05) is 62.5 Å². The molecule has 0 aliphatic carbocycles. The summed E-state index contributed by atoms with van der Waals surface area (Å²) in [4.78, 5) is 26.6. The van der Waals surface area contributed by atoms with Gasteiger partial charge in [-0.1, -0.05) is 18.7 Å². The lowest BCUT2D eigenvalue weighted by Crippen LogP contribution is -2.48. The van der Waals surface area contributed by atoms with E-state index in [-0.39, 0.29) is 23.1 Å². The zero-order chi connectivity index (χ0) is 27.6. The van der Waals surface area contributed by atoms with Crippen molar-refractivity contribution in [2.45, 2.75) is 31.9 Å². The summed E-state index contributed by atoms with van der Waals surface area (Å²) in [7, 11) is 5.35. The quantitative estimate of drug-likeness (QED) is 0.403. The number of nitrogens with zero attached hydrogens (tertiary/aromatic N) is 7. The van der Waals surface area contributed by atoms with Gasteiger partial charge >= 0.3 is 0 Å². The molecular formula is C28H30F2N8O. The summed E-state index contributed by atoms with van der Waals surface area (Å²) in [5.41, 5.74) is 3.50. The monoisotopic (exact) mass is 532 g/mol. The van der Waals surface area contributed by atoms with Gasteiger partial charge in [0.05, 0.1) is 47.1 Å². The SMILES string of the molecule is C=C(NC)N1CC(c2nc(-c3cccc4nc(-c5cnn(C)c5)c(C(F)F)cc34)c3n2[C@@H](C)C(=O)N(C)C3)C1. The topological polar surface area (TPSA) is 84.1 Å². The highest BCUT2D eigenvalue weighted by Crippen LogP contribution is 2.41. The van der Waals surface area contributed by atoms with E-state index in [1.165, 1.54) is 6.07 Å². The molecule has 1 N–H and O–H groups in total. The molecule has 0 unspecified atom stereocenters. The predicted molar refractivity (Wildman–Crippen MR) is 144 cm³/mol. The van der Waals surface area contributed by atoms with Crippen LogP contribution in [0.2, 0.25) is 0 Å². The molecule has 1 saturated heterocycles. The first-order chi connectivity index (χ1) is 18.7. The smallest absolute Gasteiger partial charge is 0.265 e. The maximum absolute atomic E-state index is 14.3. The summed E-state index contributed by atoms with van der Waals surface area (Å²) < 4.78 is 32.3. The number of hydrogen-bond acceptors (Lipinski definition) is 6. The van der Waals surface area contributed by atoms with Crippen LogP contribution in [0.25, 0.3) is 33.4 Å². The van der Waals surface area contributed by atoms with Crippen molar-refractivity contribution in [1.29, 1.82) is 0 Å². The van der Waals surface area contributed by atoms with Crippen LogP contribution in [0.1, 0.15) is 42.4 Å². The Kier molecular flexibility index (Phi) is 5.89. The number of carbonyl (C=O) groups excluding carboxylic acids is 1. The largest absolute Gasteiger partial charge is 0.375 e. The van der Waals surface area contributed by atoms with Crippen LogP contribution in [0.5, 0.6) is 0 Å². The molecule has 39 heavy (non-hydrogen) atoms. The average Bonchev–Trinajstić information content (AvgIpc) is 3.48. The lowest BCUT2D eigenvalue weighted by Gasteiger charge is -2.42. The number of likely N-dealkylation sites (tertiary alicyclic amines) is 1. The molecule has 11 heteroatoms. The van der Waals surface area contributed by atoms with Crippen molar-refractivity contribution in [3.05, 3.63) is 66.1 Å². The van der Waals surface area contributed by atoms with Crippen LogP contribution in [-0.4, -0.2) is 67.2 Å². The molecule has 2 aliphatic heterocycles. The third-order valence-electron chi connectivity index (χ3n) is 7.82. The number of aromatic nitrogens is 5. The van der Waals surface area contributed by atoms with Gasteiger partial charge in [0.25, 0.3) is 6.43 Å². The number of fused-ring (bicyclic) bond motifs is 2. The maximum atomic E-state index is 14.3. The van der Waals surface area contributed by atoms with Gasteiger partial charge in [0.1, 0.15) is 11.9 Å². The first kappa shape index (κ1) is 25.0. The molecule has 6 rings (SSSR count). The Balaban J connectivity index is 1.53. The first-order valence-electron chi connectivity index (χ1n) is 12.9. The number of benzene rings is 1. The number of imidazole rings is 1. The molecule has 5 heterocycles. The predicted octanol–water partition coefficient (Wildman–Crippen LogP) is 4.06. The van der Waals surface area contributed by atoms with Crippen molar-refractivity contribution >= 4 is 16.8 Å². The van der Waals surface area contributed by atoms with Crippen molar-refractivity contribution in [3.63, 3.8) is 0 Å². The number of nitrogens with one attached hydrogen (secondary N) is 1. The molecule has 1 atom stereocenters. The maximum Gasteiger partial charge on any atom is 0.265 e. The molecule has 1 aromatic carbocycles. The van der Waals surface area contributed by atoms with Crippen molar-refractivity contribution in [2.24, 2.45) is 7.05 Å². The third-order valence-corrected chi connectivity index (χ3v) is 7.82. The molecule has 1 fully saturated rings. The van der Waals surface area contributed by atoms with Crippen LogP contribution in [-0.2, 0) is 18.4 Å². The Morgan fingerprint density at radius 1 is 1.18 bits per heavy atom. The Morgan fingerprint density at radius 3 is 2.62 bits per heavy atom. The Labute approximate surface area is 224 Å². The van der Waals surface area contributed by atoms with Gasteiger partial charge < -0.3 is 19.7 Å². The summed E-state index contributed by atoms with van der Waals surface area (Å²) in [6.45, 7) is 7.77. The van der Waals surface area contributed by atoms with Gasteiger partial charge in [-0.05, 0) is 19.1 Å². The summed E-state index contributed by atoms with van der Waals surface area (Å²) in [5, 5.41) is 7.81. The minimum Gasteiger partial charge on any atom is -0.375 e. The number of likely N-dealkylation sites (N-methyl/N-ethyl adjacent to an activating group) is 1. The van der Waals surface area contributed by atoms with Gasteiger partial charge in [0.2, 0.25) is 5.91 Å². The average molecular weight is 533 g/mol. The summed E-state index contributed by atoms with van der Waals surface area (Å²) in [5.74, 6) is 1.80. The molecule has 0 bridgehead atoms. The highest BCUT2D eigenvalue weighted by molar-refractivity contribution is 5.96. The van der Waals surface area contributed by atoms with Crippen molar-refractivity contribution in [2.75, 3.05) is 27.2 Å². The minimum absolute atomic E-state index is 0.0178.